The molecular formula is C13H18O3. The summed E-state index contributed by atoms with van der Waals surface area (Å²) in [5, 5.41) is 9.10. The molecule has 0 radical (unpaired) electrons. The summed E-state index contributed by atoms with van der Waals surface area (Å²) in [5.74, 6) is -1.41. The molecule has 1 aromatic carbocycles. The van der Waals surface area contributed by atoms with Gasteiger partial charge in [0.25, 0.3) is 0 Å². The Bertz CT molecular complexity index is 347. The SMILES string of the molecule is CCCc1cccc(C(COC)C(=O)O)c1. The van der Waals surface area contributed by atoms with Gasteiger partial charge in [0.05, 0.1) is 6.61 Å². The van der Waals surface area contributed by atoms with E-state index in [1.54, 1.807) is 0 Å². The van der Waals surface area contributed by atoms with Crippen LogP contribution < -0.4 is 0 Å². The predicted octanol–water partition coefficient (Wildman–Crippen LogP) is 2.45. The first-order valence-electron chi connectivity index (χ1n) is 5.49. The van der Waals surface area contributed by atoms with Crippen LogP contribution in [0.2, 0.25) is 0 Å². The molecule has 0 bridgehead atoms. The fourth-order valence-electron chi connectivity index (χ4n) is 1.73. The van der Waals surface area contributed by atoms with E-state index >= 15 is 0 Å². The molecule has 0 heterocycles. The van der Waals surface area contributed by atoms with Crippen LogP contribution in [0.25, 0.3) is 0 Å². The number of hydrogen-bond acceptors (Lipinski definition) is 2. The van der Waals surface area contributed by atoms with Crippen LogP contribution in [0.3, 0.4) is 0 Å². The summed E-state index contributed by atoms with van der Waals surface area (Å²) in [6, 6.07) is 7.74. The van der Waals surface area contributed by atoms with E-state index in [0.717, 1.165) is 18.4 Å². The molecule has 88 valence electrons. The minimum absolute atomic E-state index is 0.213. The fraction of sp³-hybridized carbons (Fsp3) is 0.462. The molecule has 3 nitrogen and oxygen atoms in total. The normalized spacial score (nSPS) is 12.4. The van der Waals surface area contributed by atoms with Crippen molar-refractivity contribution in [1.29, 1.82) is 0 Å². The first kappa shape index (κ1) is 12.7. The summed E-state index contributed by atoms with van der Waals surface area (Å²) < 4.78 is 4.94. The Morgan fingerprint density at radius 3 is 2.81 bits per heavy atom. The molecule has 0 saturated heterocycles. The Hall–Kier alpha value is -1.35. The van der Waals surface area contributed by atoms with Crippen molar-refractivity contribution in [3.8, 4) is 0 Å². The molecule has 0 amide bonds. The number of aryl methyl sites for hydroxylation is 1. The van der Waals surface area contributed by atoms with Crippen LogP contribution in [-0.4, -0.2) is 24.8 Å². The Morgan fingerprint density at radius 2 is 2.25 bits per heavy atom. The zero-order valence-corrected chi connectivity index (χ0v) is 9.77. The first-order valence-corrected chi connectivity index (χ1v) is 5.49. The topological polar surface area (TPSA) is 46.5 Å². The number of benzene rings is 1. The van der Waals surface area contributed by atoms with Gasteiger partial charge in [0, 0.05) is 7.11 Å². The van der Waals surface area contributed by atoms with E-state index in [2.05, 4.69) is 6.92 Å². The zero-order chi connectivity index (χ0) is 12.0. The van der Waals surface area contributed by atoms with Gasteiger partial charge in [0.15, 0.2) is 0 Å². The van der Waals surface area contributed by atoms with Crippen molar-refractivity contribution in [2.45, 2.75) is 25.7 Å². The average molecular weight is 222 g/mol. The van der Waals surface area contributed by atoms with Crippen molar-refractivity contribution in [1.82, 2.24) is 0 Å². The highest BCUT2D eigenvalue weighted by atomic mass is 16.5. The van der Waals surface area contributed by atoms with Gasteiger partial charge in [0.1, 0.15) is 5.92 Å². The van der Waals surface area contributed by atoms with Crippen LogP contribution in [0.4, 0.5) is 0 Å². The van der Waals surface area contributed by atoms with E-state index in [-0.39, 0.29) is 6.61 Å². The number of aliphatic carboxylic acids is 1. The fourth-order valence-corrected chi connectivity index (χ4v) is 1.73. The van der Waals surface area contributed by atoms with Gasteiger partial charge in [-0.3, -0.25) is 4.79 Å². The quantitative estimate of drug-likeness (QED) is 0.804. The van der Waals surface area contributed by atoms with Gasteiger partial charge in [-0.05, 0) is 17.5 Å². The minimum Gasteiger partial charge on any atom is -0.481 e. The molecule has 0 aromatic heterocycles. The molecule has 1 aromatic rings. The minimum atomic E-state index is -0.838. The van der Waals surface area contributed by atoms with Gasteiger partial charge in [-0.25, -0.2) is 0 Å². The van der Waals surface area contributed by atoms with Gasteiger partial charge in [-0.2, -0.15) is 0 Å². The summed E-state index contributed by atoms with van der Waals surface area (Å²) in [4.78, 5) is 11.1. The molecule has 0 aliphatic heterocycles. The maximum absolute atomic E-state index is 11.1. The highest BCUT2D eigenvalue weighted by Gasteiger charge is 2.19. The maximum Gasteiger partial charge on any atom is 0.313 e. The highest BCUT2D eigenvalue weighted by Crippen LogP contribution is 2.18. The Morgan fingerprint density at radius 1 is 1.50 bits per heavy atom. The van der Waals surface area contributed by atoms with Crippen molar-refractivity contribution in [3.63, 3.8) is 0 Å². The van der Waals surface area contributed by atoms with E-state index in [0.29, 0.717) is 0 Å². The second-order valence-corrected chi connectivity index (χ2v) is 3.84. The molecule has 16 heavy (non-hydrogen) atoms. The lowest BCUT2D eigenvalue weighted by Gasteiger charge is -2.12. The largest absolute Gasteiger partial charge is 0.481 e. The average Bonchev–Trinajstić information content (AvgIpc) is 2.26. The Labute approximate surface area is 96.1 Å². The van der Waals surface area contributed by atoms with E-state index in [4.69, 9.17) is 9.84 Å². The molecule has 1 rings (SSSR count). The second kappa shape index (κ2) is 6.28. The van der Waals surface area contributed by atoms with Crippen molar-refractivity contribution >= 4 is 5.97 Å². The van der Waals surface area contributed by atoms with Crippen molar-refractivity contribution in [3.05, 3.63) is 35.4 Å². The smallest absolute Gasteiger partial charge is 0.313 e. The van der Waals surface area contributed by atoms with Gasteiger partial charge < -0.3 is 9.84 Å². The number of carboxylic acid groups (broad SMARTS) is 1. The number of ether oxygens (including phenoxy) is 1. The van der Waals surface area contributed by atoms with Crippen LogP contribution in [0, 0.1) is 0 Å². The Balaban J connectivity index is 2.90. The molecule has 3 heteroatoms. The highest BCUT2D eigenvalue weighted by molar-refractivity contribution is 5.76. The van der Waals surface area contributed by atoms with Crippen LogP contribution in [0.5, 0.6) is 0 Å². The summed E-state index contributed by atoms with van der Waals surface area (Å²) >= 11 is 0. The zero-order valence-electron chi connectivity index (χ0n) is 9.77. The monoisotopic (exact) mass is 222 g/mol. The third-order valence-corrected chi connectivity index (χ3v) is 2.52. The van der Waals surface area contributed by atoms with Crippen LogP contribution >= 0.6 is 0 Å². The molecule has 0 aliphatic carbocycles. The van der Waals surface area contributed by atoms with Crippen molar-refractivity contribution in [2.75, 3.05) is 13.7 Å². The predicted molar refractivity (Wildman–Crippen MR) is 62.7 cm³/mol. The van der Waals surface area contributed by atoms with E-state index < -0.39 is 11.9 Å². The van der Waals surface area contributed by atoms with Gasteiger partial charge in [-0.1, -0.05) is 37.6 Å². The molecular weight excluding hydrogens is 204 g/mol. The third-order valence-electron chi connectivity index (χ3n) is 2.52. The lowest BCUT2D eigenvalue weighted by molar-refractivity contribution is -0.140. The van der Waals surface area contributed by atoms with Crippen LogP contribution in [0.1, 0.15) is 30.4 Å². The number of rotatable bonds is 6. The third kappa shape index (κ3) is 3.35. The van der Waals surface area contributed by atoms with E-state index in [9.17, 15) is 4.79 Å². The molecule has 1 N–H and O–H groups in total. The molecule has 0 spiro atoms. The van der Waals surface area contributed by atoms with Gasteiger partial charge in [0.2, 0.25) is 0 Å². The van der Waals surface area contributed by atoms with E-state index in [1.165, 1.54) is 12.7 Å². The first-order chi connectivity index (χ1) is 7.69. The van der Waals surface area contributed by atoms with Crippen molar-refractivity contribution < 1.29 is 14.6 Å². The second-order valence-electron chi connectivity index (χ2n) is 3.84. The van der Waals surface area contributed by atoms with Crippen molar-refractivity contribution in [2.24, 2.45) is 0 Å². The van der Waals surface area contributed by atoms with Gasteiger partial charge in [-0.15, -0.1) is 0 Å². The molecule has 0 fully saturated rings. The van der Waals surface area contributed by atoms with Gasteiger partial charge >= 0.3 is 5.97 Å². The molecule has 0 saturated carbocycles. The van der Waals surface area contributed by atoms with Crippen LogP contribution in [-0.2, 0) is 16.0 Å². The lowest BCUT2D eigenvalue weighted by atomic mass is 9.97. The Kier molecular flexibility index (Phi) is 4.99. The molecule has 1 atom stereocenters. The molecule has 0 aliphatic rings. The number of carbonyl (C=O) groups is 1. The summed E-state index contributed by atoms with van der Waals surface area (Å²) in [5.41, 5.74) is 2.00. The number of carboxylic acids is 1. The summed E-state index contributed by atoms with van der Waals surface area (Å²) in [6.45, 7) is 2.32. The maximum atomic E-state index is 11.1. The number of methoxy groups -OCH3 is 1. The lowest BCUT2D eigenvalue weighted by Crippen LogP contribution is -2.17. The van der Waals surface area contributed by atoms with E-state index in [1.807, 2.05) is 24.3 Å². The van der Waals surface area contributed by atoms with Crippen LogP contribution in [0.15, 0.2) is 24.3 Å². The summed E-state index contributed by atoms with van der Waals surface area (Å²) in [7, 11) is 1.52. The molecule has 1 unspecified atom stereocenters. The summed E-state index contributed by atoms with van der Waals surface area (Å²) in [6.07, 6.45) is 2.04. The number of hydrogen-bond donors (Lipinski definition) is 1. The standard InChI is InChI=1S/C13H18O3/c1-3-5-10-6-4-7-11(8-10)12(9-16-2)13(14)15/h4,6-8,12H,3,5,9H2,1-2H3,(H,14,15).